The maximum absolute atomic E-state index is 13.5. The monoisotopic (exact) mass is 353 g/mol. The van der Waals surface area contributed by atoms with Crippen molar-refractivity contribution in [2.45, 2.75) is 26.1 Å². The van der Waals surface area contributed by atoms with Crippen molar-refractivity contribution in [2.75, 3.05) is 6.61 Å². The van der Waals surface area contributed by atoms with Crippen LogP contribution in [0, 0.1) is 5.92 Å². The summed E-state index contributed by atoms with van der Waals surface area (Å²) >= 11 is 0. The fourth-order valence-corrected chi connectivity index (χ4v) is 2.90. The van der Waals surface area contributed by atoms with E-state index >= 15 is 0 Å². The number of aliphatic imine (C=N–C) groups is 1. The number of esters is 1. The van der Waals surface area contributed by atoms with Gasteiger partial charge in [-0.15, -0.1) is 0 Å². The lowest BCUT2D eigenvalue weighted by molar-refractivity contribution is -0.147. The van der Waals surface area contributed by atoms with Gasteiger partial charge < -0.3 is 4.74 Å². The number of nitrogens with zero attached hydrogens (tertiary/aromatic N) is 5. The third-order valence-electron chi connectivity index (χ3n) is 3.91. The number of rotatable bonds is 3. The van der Waals surface area contributed by atoms with Crippen molar-refractivity contribution < 1.29 is 22.7 Å². The van der Waals surface area contributed by atoms with Crippen molar-refractivity contribution in [1.82, 2.24) is 20.2 Å². The van der Waals surface area contributed by atoms with Gasteiger partial charge in [-0.1, -0.05) is 23.3 Å². The Bertz CT molecular complexity index is 831. The first-order chi connectivity index (χ1) is 11.8. The van der Waals surface area contributed by atoms with E-state index in [4.69, 9.17) is 4.74 Å². The van der Waals surface area contributed by atoms with Crippen LogP contribution in [-0.2, 0) is 15.7 Å². The average molecular weight is 353 g/mol. The molecule has 7 nitrogen and oxygen atoms in total. The van der Waals surface area contributed by atoms with Crippen molar-refractivity contribution in [3.63, 3.8) is 0 Å². The second-order valence-electron chi connectivity index (χ2n) is 5.44. The molecule has 132 valence electrons. The van der Waals surface area contributed by atoms with E-state index in [9.17, 15) is 18.0 Å². The Balaban J connectivity index is 2.21. The van der Waals surface area contributed by atoms with E-state index in [1.54, 1.807) is 13.8 Å². The Morgan fingerprint density at radius 2 is 2.04 bits per heavy atom. The van der Waals surface area contributed by atoms with E-state index in [0.717, 1.165) is 10.7 Å². The smallest absolute Gasteiger partial charge is 0.416 e. The van der Waals surface area contributed by atoms with Crippen molar-refractivity contribution >= 4 is 17.6 Å². The minimum Gasteiger partial charge on any atom is -0.465 e. The van der Waals surface area contributed by atoms with Gasteiger partial charge in [-0.05, 0) is 35.9 Å². The molecule has 0 saturated carbocycles. The summed E-state index contributed by atoms with van der Waals surface area (Å²) in [5.41, 5.74) is -0.677. The van der Waals surface area contributed by atoms with Gasteiger partial charge in [-0.2, -0.15) is 13.2 Å². The van der Waals surface area contributed by atoms with E-state index in [1.807, 2.05) is 0 Å². The molecular formula is C15H14F3N5O2. The molecule has 1 aliphatic heterocycles. The topological polar surface area (TPSA) is 82.3 Å². The summed E-state index contributed by atoms with van der Waals surface area (Å²) in [5, 5.41) is 10.9. The molecule has 10 heteroatoms. The van der Waals surface area contributed by atoms with Gasteiger partial charge in [0.25, 0.3) is 5.95 Å². The van der Waals surface area contributed by atoms with Crippen LogP contribution in [0.4, 0.5) is 19.1 Å². The number of benzene rings is 1. The van der Waals surface area contributed by atoms with E-state index in [1.165, 1.54) is 18.2 Å². The highest BCUT2D eigenvalue weighted by atomic mass is 19.4. The van der Waals surface area contributed by atoms with Gasteiger partial charge in [0.15, 0.2) is 0 Å². The highest BCUT2D eigenvalue weighted by molar-refractivity contribution is 6.03. The number of fused-ring (bicyclic) bond motifs is 1. The van der Waals surface area contributed by atoms with Crippen LogP contribution >= 0.6 is 0 Å². The van der Waals surface area contributed by atoms with Crippen LogP contribution < -0.4 is 0 Å². The van der Waals surface area contributed by atoms with Crippen LogP contribution in [0.25, 0.3) is 0 Å². The maximum Gasteiger partial charge on any atom is 0.416 e. The summed E-state index contributed by atoms with van der Waals surface area (Å²) < 4.78 is 46.6. The summed E-state index contributed by atoms with van der Waals surface area (Å²) in [6.07, 6.45) is -4.59. The fourth-order valence-electron chi connectivity index (χ4n) is 2.90. The molecule has 0 bridgehead atoms. The molecule has 0 saturated heterocycles. The minimum absolute atomic E-state index is 0.0417. The molecule has 0 spiro atoms. The van der Waals surface area contributed by atoms with Gasteiger partial charge in [-0.3, -0.25) is 4.79 Å². The Labute approximate surface area is 140 Å². The lowest BCUT2D eigenvalue weighted by Gasteiger charge is -2.30. The molecule has 2 unspecified atom stereocenters. The van der Waals surface area contributed by atoms with Crippen LogP contribution in [-0.4, -0.2) is 38.5 Å². The molecule has 1 aliphatic rings. The van der Waals surface area contributed by atoms with Crippen molar-refractivity contribution in [3.8, 4) is 0 Å². The lowest BCUT2D eigenvalue weighted by atomic mass is 9.86. The number of aromatic nitrogens is 4. The van der Waals surface area contributed by atoms with Crippen molar-refractivity contribution in [2.24, 2.45) is 10.9 Å². The third-order valence-corrected chi connectivity index (χ3v) is 3.91. The summed E-state index contributed by atoms with van der Waals surface area (Å²) in [6.45, 7) is 3.26. The molecule has 25 heavy (non-hydrogen) atoms. The van der Waals surface area contributed by atoms with Crippen LogP contribution in [0.1, 0.15) is 31.0 Å². The highest BCUT2D eigenvalue weighted by Gasteiger charge is 2.44. The second-order valence-corrected chi connectivity index (χ2v) is 5.44. The van der Waals surface area contributed by atoms with Crippen molar-refractivity contribution in [1.29, 1.82) is 0 Å². The summed E-state index contributed by atoms with van der Waals surface area (Å²) in [7, 11) is 0. The summed E-state index contributed by atoms with van der Waals surface area (Å²) in [6, 6.07) is 3.93. The lowest BCUT2D eigenvalue weighted by Crippen LogP contribution is -2.38. The average Bonchev–Trinajstić information content (AvgIpc) is 3.00. The molecular weight excluding hydrogens is 339 g/mol. The molecule has 0 fully saturated rings. The van der Waals surface area contributed by atoms with E-state index in [2.05, 4.69) is 20.5 Å². The zero-order chi connectivity index (χ0) is 18.2. The zero-order valence-electron chi connectivity index (χ0n) is 13.4. The van der Waals surface area contributed by atoms with E-state index in [0.29, 0.717) is 5.71 Å². The Hall–Kier alpha value is -2.78. The first kappa shape index (κ1) is 17.1. The number of carbonyl (C=O) groups is 1. The Kier molecular flexibility index (Phi) is 4.27. The first-order valence-corrected chi connectivity index (χ1v) is 7.50. The van der Waals surface area contributed by atoms with Crippen LogP contribution in [0.2, 0.25) is 0 Å². The number of hydrogen-bond donors (Lipinski definition) is 0. The van der Waals surface area contributed by atoms with Gasteiger partial charge in [0.05, 0.1) is 12.2 Å². The van der Waals surface area contributed by atoms with E-state index < -0.39 is 29.7 Å². The third kappa shape index (κ3) is 2.99. The standard InChI is InChI=1S/C15H14F3N5O2/c1-3-25-13(24)11-8(2)19-14-20-21-22-23(14)12(11)9-6-4-5-7-10(9)15(16,17)18/h4-7,11-12H,3H2,1-2H3. The number of ether oxygens (including phenoxy) is 1. The normalized spacial score (nSPS) is 20.0. The molecule has 1 aromatic heterocycles. The SMILES string of the molecule is CCOC(=O)C1C(C)=Nc2nnnn2C1c1ccccc1C(F)(F)F. The predicted octanol–water partition coefficient (Wildman–Crippen LogP) is 2.57. The molecule has 3 rings (SSSR count). The summed E-state index contributed by atoms with van der Waals surface area (Å²) in [4.78, 5) is 16.5. The van der Waals surface area contributed by atoms with E-state index in [-0.39, 0.29) is 18.1 Å². The molecule has 2 atom stereocenters. The fraction of sp³-hybridized carbons (Fsp3) is 0.400. The molecule has 0 radical (unpaired) electrons. The quantitative estimate of drug-likeness (QED) is 0.792. The predicted molar refractivity (Wildman–Crippen MR) is 80.3 cm³/mol. The number of halogens is 3. The maximum atomic E-state index is 13.5. The highest BCUT2D eigenvalue weighted by Crippen LogP contribution is 2.41. The largest absolute Gasteiger partial charge is 0.465 e. The van der Waals surface area contributed by atoms with Crippen molar-refractivity contribution in [3.05, 3.63) is 35.4 Å². The molecule has 2 aromatic rings. The molecule has 0 N–H and O–H groups in total. The van der Waals surface area contributed by atoms with Crippen LogP contribution in [0.5, 0.6) is 0 Å². The van der Waals surface area contributed by atoms with Gasteiger partial charge in [0, 0.05) is 5.71 Å². The zero-order valence-corrected chi connectivity index (χ0v) is 13.4. The number of alkyl halides is 3. The van der Waals surface area contributed by atoms with Crippen LogP contribution in [0.15, 0.2) is 29.3 Å². The number of tetrazole rings is 1. The Morgan fingerprint density at radius 3 is 2.72 bits per heavy atom. The molecule has 2 heterocycles. The van der Waals surface area contributed by atoms with Gasteiger partial charge in [0.1, 0.15) is 12.0 Å². The minimum atomic E-state index is -4.59. The molecule has 0 aliphatic carbocycles. The second kappa shape index (κ2) is 6.26. The molecule has 1 aromatic carbocycles. The van der Waals surface area contributed by atoms with Crippen LogP contribution in [0.3, 0.4) is 0 Å². The number of hydrogen-bond acceptors (Lipinski definition) is 6. The van der Waals surface area contributed by atoms with Gasteiger partial charge in [0.2, 0.25) is 0 Å². The van der Waals surface area contributed by atoms with Gasteiger partial charge >= 0.3 is 12.1 Å². The molecule has 0 amide bonds. The Morgan fingerprint density at radius 1 is 1.32 bits per heavy atom. The summed E-state index contributed by atoms with van der Waals surface area (Å²) in [5.74, 6) is -1.69. The number of carbonyl (C=O) groups excluding carboxylic acids is 1. The van der Waals surface area contributed by atoms with Gasteiger partial charge in [-0.25, -0.2) is 9.67 Å². The first-order valence-electron chi connectivity index (χ1n) is 7.50.